The molecule has 0 aliphatic heterocycles. The molecule has 1 heterocycles. The third kappa shape index (κ3) is 3.84. The average Bonchev–Trinajstić information content (AvgIpc) is 3.06. The Kier molecular flexibility index (Phi) is 5.08. The van der Waals surface area contributed by atoms with Gasteiger partial charge in [0.05, 0.1) is 11.6 Å². The van der Waals surface area contributed by atoms with Crippen molar-refractivity contribution in [1.82, 2.24) is 5.32 Å². The van der Waals surface area contributed by atoms with Gasteiger partial charge in [-0.25, -0.2) is 4.39 Å². The van der Waals surface area contributed by atoms with Crippen molar-refractivity contribution in [1.29, 1.82) is 0 Å². The Labute approximate surface area is 152 Å². The van der Waals surface area contributed by atoms with E-state index in [0.717, 1.165) is 29.3 Å². The number of amides is 2. The normalized spacial score (nSPS) is 19.2. The first-order valence-corrected chi connectivity index (χ1v) is 8.98. The van der Waals surface area contributed by atoms with E-state index in [9.17, 15) is 19.1 Å². The van der Waals surface area contributed by atoms with Crippen LogP contribution in [0.3, 0.4) is 0 Å². The molecule has 1 aromatic carbocycles. The maximum Gasteiger partial charge on any atom is 0.313 e. The zero-order chi connectivity index (χ0) is 18.0. The molecule has 0 fully saturated rings. The molecule has 25 heavy (non-hydrogen) atoms. The van der Waals surface area contributed by atoms with E-state index in [1.165, 1.54) is 12.1 Å². The molecule has 8 heteroatoms. The number of rotatable bonds is 3. The fourth-order valence-corrected chi connectivity index (χ4v) is 4.07. The number of halogens is 2. The molecule has 3 N–H and O–H groups in total. The summed E-state index contributed by atoms with van der Waals surface area (Å²) < 4.78 is 13.1. The number of thiophene rings is 1. The van der Waals surface area contributed by atoms with Crippen LogP contribution in [0.15, 0.2) is 29.6 Å². The quantitative estimate of drug-likeness (QED) is 0.714. The highest BCUT2D eigenvalue weighted by atomic mass is 35.5. The average molecular weight is 383 g/mol. The van der Waals surface area contributed by atoms with Crippen molar-refractivity contribution in [2.75, 3.05) is 11.9 Å². The Morgan fingerprint density at radius 2 is 2.12 bits per heavy atom. The lowest BCUT2D eigenvalue weighted by Gasteiger charge is -2.32. The highest BCUT2D eigenvalue weighted by Crippen LogP contribution is 2.37. The zero-order valence-electron chi connectivity index (χ0n) is 13.1. The van der Waals surface area contributed by atoms with Crippen molar-refractivity contribution in [2.24, 2.45) is 0 Å². The molecule has 0 saturated carbocycles. The molecule has 0 radical (unpaired) electrons. The molecule has 1 aliphatic carbocycles. The first kappa shape index (κ1) is 17.8. The Bertz CT molecular complexity index is 826. The summed E-state index contributed by atoms with van der Waals surface area (Å²) in [5.41, 5.74) is -0.138. The van der Waals surface area contributed by atoms with Crippen molar-refractivity contribution >= 4 is 40.4 Å². The maximum atomic E-state index is 13.1. The van der Waals surface area contributed by atoms with Crippen LogP contribution in [0.1, 0.15) is 23.3 Å². The van der Waals surface area contributed by atoms with E-state index in [-0.39, 0.29) is 17.3 Å². The lowest BCUT2D eigenvalue weighted by molar-refractivity contribution is -0.137. The highest BCUT2D eigenvalue weighted by Gasteiger charge is 2.35. The molecule has 0 bridgehead atoms. The smallest absolute Gasteiger partial charge is 0.313 e. The number of nitrogens with one attached hydrogen (secondary N) is 2. The van der Waals surface area contributed by atoms with Gasteiger partial charge in [0.15, 0.2) is 0 Å². The molecule has 132 valence electrons. The third-order valence-electron chi connectivity index (χ3n) is 4.17. The number of carbonyl (C=O) groups excluding carboxylic acids is 2. The van der Waals surface area contributed by atoms with Crippen LogP contribution in [0, 0.1) is 5.82 Å². The fraction of sp³-hybridized carbons (Fsp3) is 0.294. The Balaban J connectivity index is 1.61. The number of hydrogen-bond donors (Lipinski definition) is 3. The monoisotopic (exact) mass is 382 g/mol. The zero-order valence-corrected chi connectivity index (χ0v) is 14.7. The summed E-state index contributed by atoms with van der Waals surface area (Å²) in [5, 5.41) is 17.4. The topological polar surface area (TPSA) is 78.4 Å². The number of benzene rings is 1. The molecule has 5 nitrogen and oxygen atoms in total. The Morgan fingerprint density at radius 1 is 1.32 bits per heavy atom. The molecule has 1 aromatic heterocycles. The summed E-state index contributed by atoms with van der Waals surface area (Å²) in [4.78, 5) is 25.0. The Morgan fingerprint density at radius 3 is 2.88 bits per heavy atom. The van der Waals surface area contributed by atoms with Crippen molar-refractivity contribution in [3.8, 4) is 0 Å². The second-order valence-electron chi connectivity index (χ2n) is 5.91. The number of anilines is 1. The van der Waals surface area contributed by atoms with Crippen LogP contribution in [0.25, 0.3) is 0 Å². The third-order valence-corrected chi connectivity index (χ3v) is 5.44. The number of aryl methyl sites for hydroxylation is 1. The molecule has 2 amide bonds. The van der Waals surface area contributed by atoms with Crippen LogP contribution < -0.4 is 10.6 Å². The van der Waals surface area contributed by atoms with Gasteiger partial charge in [0.1, 0.15) is 11.4 Å². The van der Waals surface area contributed by atoms with Crippen LogP contribution in [-0.2, 0) is 21.6 Å². The van der Waals surface area contributed by atoms with Gasteiger partial charge < -0.3 is 15.7 Å². The summed E-state index contributed by atoms with van der Waals surface area (Å²) in [6, 6.07) is 5.47. The number of carbonyl (C=O) groups is 2. The molecule has 0 spiro atoms. The number of hydrogen-bond acceptors (Lipinski definition) is 4. The number of fused-ring (bicyclic) bond motifs is 1. The summed E-state index contributed by atoms with van der Waals surface area (Å²) in [7, 11) is 0. The van der Waals surface area contributed by atoms with Crippen LogP contribution >= 0.6 is 22.9 Å². The van der Waals surface area contributed by atoms with Crippen LogP contribution in [-0.4, -0.2) is 23.5 Å². The van der Waals surface area contributed by atoms with Gasteiger partial charge in [-0.1, -0.05) is 11.6 Å². The minimum atomic E-state index is -1.16. The predicted molar refractivity (Wildman–Crippen MR) is 94.2 cm³/mol. The van der Waals surface area contributed by atoms with E-state index in [4.69, 9.17) is 11.6 Å². The molecular weight excluding hydrogens is 367 g/mol. The summed E-state index contributed by atoms with van der Waals surface area (Å²) >= 11 is 7.21. The SMILES string of the molecule is O=C(NCC1(O)CCCc2sccc21)C(=O)Nc1ccc(F)c(Cl)c1. The van der Waals surface area contributed by atoms with Crippen molar-refractivity contribution in [2.45, 2.75) is 24.9 Å². The number of aliphatic hydroxyl groups is 1. The summed E-state index contributed by atoms with van der Waals surface area (Å²) in [5.74, 6) is -2.40. The molecule has 3 rings (SSSR count). The fourth-order valence-electron chi connectivity index (χ4n) is 2.88. The van der Waals surface area contributed by atoms with Gasteiger partial charge in [-0.3, -0.25) is 9.59 Å². The van der Waals surface area contributed by atoms with Gasteiger partial charge in [-0.05, 0) is 54.5 Å². The second kappa shape index (κ2) is 7.11. The van der Waals surface area contributed by atoms with E-state index < -0.39 is 23.2 Å². The molecule has 2 aromatic rings. The molecule has 1 atom stereocenters. The van der Waals surface area contributed by atoms with E-state index in [2.05, 4.69) is 10.6 Å². The predicted octanol–water partition coefficient (Wildman–Crippen LogP) is 2.82. The molecular formula is C17H16ClFN2O3S. The van der Waals surface area contributed by atoms with E-state index in [0.29, 0.717) is 6.42 Å². The lowest BCUT2D eigenvalue weighted by atomic mass is 9.83. The van der Waals surface area contributed by atoms with Gasteiger partial charge >= 0.3 is 11.8 Å². The van der Waals surface area contributed by atoms with Crippen molar-refractivity contribution < 1.29 is 19.1 Å². The standard InChI is InChI=1S/C17H16ClFN2O3S/c18-12-8-10(3-4-13(12)19)21-16(23)15(22)20-9-17(24)6-1-2-14-11(17)5-7-25-14/h3-5,7-8,24H,1-2,6,9H2,(H,20,22)(H,21,23). The summed E-state index contributed by atoms with van der Waals surface area (Å²) in [6.45, 7) is -0.0485. The van der Waals surface area contributed by atoms with Crippen molar-refractivity contribution in [3.05, 3.63) is 50.9 Å². The molecule has 0 saturated heterocycles. The van der Waals surface area contributed by atoms with Crippen LogP contribution in [0.5, 0.6) is 0 Å². The summed E-state index contributed by atoms with van der Waals surface area (Å²) in [6.07, 6.45) is 2.25. The maximum absolute atomic E-state index is 13.1. The minimum absolute atomic E-state index is 0.0485. The van der Waals surface area contributed by atoms with E-state index in [1.54, 1.807) is 11.3 Å². The Hall–Kier alpha value is -1.96. The van der Waals surface area contributed by atoms with Crippen LogP contribution in [0.4, 0.5) is 10.1 Å². The first-order chi connectivity index (χ1) is 11.9. The minimum Gasteiger partial charge on any atom is -0.383 e. The highest BCUT2D eigenvalue weighted by molar-refractivity contribution is 7.10. The van der Waals surface area contributed by atoms with Crippen LogP contribution in [0.2, 0.25) is 5.02 Å². The van der Waals surface area contributed by atoms with Crippen molar-refractivity contribution in [3.63, 3.8) is 0 Å². The molecule has 1 unspecified atom stereocenters. The van der Waals surface area contributed by atoms with Gasteiger partial charge in [0.2, 0.25) is 0 Å². The van der Waals surface area contributed by atoms with E-state index >= 15 is 0 Å². The first-order valence-electron chi connectivity index (χ1n) is 7.72. The lowest BCUT2D eigenvalue weighted by Crippen LogP contribution is -2.45. The van der Waals surface area contributed by atoms with Gasteiger partial charge in [0, 0.05) is 10.6 Å². The largest absolute Gasteiger partial charge is 0.383 e. The van der Waals surface area contributed by atoms with Gasteiger partial charge in [-0.2, -0.15) is 0 Å². The van der Waals surface area contributed by atoms with E-state index in [1.807, 2.05) is 11.4 Å². The van der Waals surface area contributed by atoms with Gasteiger partial charge in [-0.15, -0.1) is 11.3 Å². The molecule has 1 aliphatic rings. The second-order valence-corrected chi connectivity index (χ2v) is 7.32. The van der Waals surface area contributed by atoms with Gasteiger partial charge in [0.25, 0.3) is 0 Å².